The van der Waals surface area contributed by atoms with Crippen LogP contribution in [-0.4, -0.2) is 51.0 Å². The molecule has 0 radical (unpaired) electrons. The number of piperazine rings is 1. The van der Waals surface area contributed by atoms with Crippen molar-refractivity contribution in [2.45, 2.75) is 25.7 Å². The van der Waals surface area contributed by atoms with Gasteiger partial charge in [0.2, 0.25) is 10.0 Å². The van der Waals surface area contributed by atoms with E-state index in [9.17, 15) is 8.42 Å². The Bertz CT molecular complexity index is 1170. The summed E-state index contributed by atoms with van der Waals surface area (Å²) in [5.74, 6) is 0.791. The fourth-order valence-electron chi connectivity index (χ4n) is 4.21. The Morgan fingerprint density at radius 2 is 1.65 bits per heavy atom. The summed E-state index contributed by atoms with van der Waals surface area (Å²) in [6, 6.07) is 11.7. The molecule has 0 spiro atoms. The van der Waals surface area contributed by atoms with Crippen LogP contribution in [0.25, 0.3) is 11.3 Å². The molecule has 4 rings (SSSR count). The highest BCUT2D eigenvalue weighted by Gasteiger charge is 2.31. The van der Waals surface area contributed by atoms with E-state index in [1.807, 2.05) is 62.5 Å². The number of rotatable bonds is 5. The predicted octanol–water partition coefficient (Wildman–Crippen LogP) is 4.25. The van der Waals surface area contributed by atoms with Crippen LogP contribution >= 0.6 is 11.3 Å². The number of hydrogen-bond donors (Lipinski definition) is 0. The van der Waals surface area contributed by atoms with Gasteiger partial charge in [-0.2, -0.15) is 4.31 Å². The number of hydrogen-bond acceptors (Lipinski definition) is 6. The van der Waals surface area contributed by atoms with Gasteiger partial charge in [-0.1, -0.05) is 29.8 Å². The molecule has 0 bridgehead atoms. The van der Waals surface area contributed by atoms with Crippen molar-refractivity contribution in [3.05, 3.63) is 58.5 Å². The Hall–Kier alpha value is -2.42. The van der Waals surface area contributed by atoms with Crippen LogP contribution in [0, 0.1) is 20.8 Å². The first-order valence-electron chi connectivity index (χ1n) is 10.2. The second-order valence-electron chi connectivity index (χ2n) is 7.83. The Labute approximate surface area is 188 Å². The molecule has 8 heteroatoms. The van der Waals surface area contributed by atoms with Crippen LogP contribution in [0.15, 0.2) is 46.7 Å². The zero-order chi connectivity index (χ0) is 22.2. The van der Waals surface area contributed by atoms with Gasteiger partial charge in [-0.05, 0) is 44.0 Å². The van der Waals surface area contributed by atoms with Crippen molar-refractivity contribution in [3.8, 4) is 17.0 Å². The van der Waals surface area contributed by atoms with Crippen molar-refractivity contribution < 1.29 is 13.2 Å². The maximum absolute atomic E-state index is 13.3. The van der Waals surface area contributed by atoms with Crippen LogP contribution < -0.4 is 9.64 Å². The maximum Gasteiger partial charge on any atom is 0.243 e. The Balaban J connectivity index is 1.50. The number of aromatic nitrogens is 1. The minimum atomic E-state index is -3.52. The van der Waals surface area contributed by atoms with Crippen LogP contribution in [-0.2, 0) is 10.0 Å². The molecule has 2 aromatic carbocycles. The van der Waals surface area contributed by atoms with Gasteiger partial charge in [0.25, 0.3) is 0 Å². The highest BCUT2D eigenvalue weighted by atomic mass is 32.2. The van der Waals surface area contributed by atoms with E-state index >= 15 is 0 Å². The number of benzene rings is 2. The van der Waals surface area contributed by atoms with E-state index in [0.717, 1.165) is 38.8 Å². The molecule has 1 aliphatic heterocycles. The molecule has 2 heterocycles. The molecule has 1 aliphatic rings. The average molecular weight is 458 g/mol. The van der Waals surface area contributed by atoms with Crippen LogP contribution in [0.3, 0.4) is 0 Å². The Morgan fingerprint density at radius 1 is 1.00 bits per heavy atom. The van der Waals surface area contributed by atoms with E-state index in [0.29, 0.717) is 31.1 Å². The van der Waals surface area contributed by atoms with Gasteiger partial charge < -0.3 is 9.64 Å². The lowest BCUT2D eigenvalue weighted by Crippen LogP contribution is -2.48. The summed E-state index contributed by atoms with van der Waals surface area (Å²) in [6.07, 6.45) is 0. The van der Waals surface area contributed by atoms with Gasteiger partial charge in [0.15, 0.2) is 5.13 Å². The molecule has 1 fully saturated rings. The van der Waals surface area contributed by atoms with Crippen molar-refractivity contribution in [3.63, 3.8) is 0 Å². The van der Waals surface area contributed by atoms with Gasteiger partial charge in [-0.3, -0.25) is 0 Å². The summed E-state index contributed by atoms with van der Waals surface area (Å²) in [5, 5.41) is 2.93. The van der Waals surface area contributed by atoms with Crippen molar-refractivity contribution in [1.29, 1.82) is 0 Å². The maximum atomic E-state index is 13.3. The zero-order valence-electron chi connectivity index (χ0n) is 18.3. The van der Waals surface area contributed by atoms with Crippen molar-refractivity contribution in [1.82, 2.24) is 9.29 Å². The number of aryl methyl sites for hydroxylation is 3. The van der Waals surface area contributed by atoms with E-state index in [4.69, 9.17) is 9.72 Å². The van der Waals surface area contributed by atoms with Crippen LogP contribution in [0.1, 0.15) is 16.7 Å². The first-order valence-corrected chi connectivity index (χ1v) is 12.5. The average Bonchev–Trinajstić information content (AvgIpc) is 3.23. The van der Waals surface area contributed by atoms with E-state index in [-0.39, 0.29) is 0 Å². The third-order valence-corrected chi connectivity index (χ3v) is 8.69. The van der Waals surface area contributed by atoms with Gasteiger partial charge >= 0.3 is 0 Å². The largest absolute Gasteiger partial charge is 0.496 e. The predicted molar refractivity (Wildman–Crippen MR) is 126 cm³/mol. The van der Waals surface area contributed by atoms with Gasteiger partial charge in [0.05, 0.1) is 17.7 Å². The van der Waals surface area contributed by atoms with Crippen LogP contribution in [0.5, 0.6) is 5.75 Å². The Kier molecular flexibility index (Phi) is 6.05. The van der Waals surface area contributed by atoms with Crippen molar-refractivity contribution in [2.75, 3.05) is 38.2 Å². The minimum absolute atomic E-state index is 0.443. The highest BCUT2D eigenvalue weighted by molar-refractivity contribution is 7.89. The lowest BCUT2D eigenvalue weighted by molar-refractivity contribution is 0.384. The standard InChI is InChI=1S/C23H27N3O3S2/c1-16-13-17(2)22(18(3)14-16)31(27,28)26-11-9-25(10-12-26)23-24-20(15-30-23)19-7-5-6-8-21(19)29-4/h5-8,13-15H,9-12H2,1-4H3. The molecular formula is C23H27N3O3S2. The molecule has 1 aromatic heterocycles. The second-order valence-corrected chi connectivity index (χ2v) is 10.5. The summed E-state index contributed by atoms with van der Waals surface area (Å²) in [7, 11) is -1.86. The number of sulfonamides is 1. The van der Waals surface area contributed by atoms with Crippen LogP contribution in [0.2, 0.25) is 0 Å². The molecule has 0 unspecified atom stereocenters. The Morgan fingerprint density at radius 3 is 2.29 bits per heavy atom. The quantitative estimate of drug-likeness (QED) is 0.573. The lowest BCUT2D eigenvalue weighted by atomic mass is 10.1. The number of methoxy groups -OCH3 is 1. The van der Waals surface area contributed by atoms with Crippen LogP contribution in [0.4, 0.5) is 5.13 Å². The summed E-state index contributed by atoms with van der Waals surface area (Å²) in [4.78, 5) is 7.39. The van der Waals surface area contributed by atoms with Gasteiger partial charge in [-0.15, -0.1) is 11.3 Å². The molecule has 0 amide bonds. The number of nitrogens with zero attached hydrogens (tertiary/aromatic N) is 3. The van der Waals surface area contributed by atoms with E-state index in [1.165, 1.54) is 0 Å². The molecule has 31 heavy (non-hydrogen) atoms. The summed E-state index contributed by atoms with van der Waals surface area (Å²) >= 11 is 1.57. The molecule has 6 nitrogen and oxygen atoms in total. The number of thiazole rings is 1. The lowest BCUT2D eigenvalue weighted by Gasteiger charge is -2.34. The molecule has 0 aliphatic carbocycles. The number of anilines is 1. The summed E-state index contributed by atoms with van der Waals surface area (Å²) in [6.45, 7) is 7.85. The zero-order valence-corrected chi connectivity index (χ0v) is 19.9. The monoisotopic (exact) mass is 457 g/mol. The third-order valence-electron chi connectivity index (χ3n) is 5.59. The third kappa shape index (κ3) is 4.20. The summed E-state index contributed by atoms with van der Waals surface area (Å²) in [5.41, 5.74) is 4.52. The first kappa shape index (κ1) is 21.8. The topological polar surface area (TPSA) is 62.7 Å². The minimum Gasteiger partial charge on any atom is -0.496 e. The fourth-order valence-corrected chi connectivity index (χ4v) is 6.93. The van der Waals surface area contributed by atoms with Gasteiger partial charge in [0, 0.05) is 37.1 Å². The molecule has 1 saturated heterocycles. The summed E-state index contributed by atoms with van der Waals surface area (Å²) < 4.78 is 33.7. The van der Waals surface area contributed by atoms with E-state index in [2.05, 4.69) is 4.90 Å². The molecule has 0 saturated carbocycles. The molecule has 3 aromatic rings. The van der Waals surface area contributed by atoms with E-state index in [1.54, 1.807) is 22.8 Å². The fraction of sp³-hybridized carbons (Fsp3) is 0.348. The number of para-hydroxylation sites is 1. The van der Waals surface area contributed by atoms with E-state index < -0.39 is 10.0 Å². The molecular weight excluding hydrogens is 430 g/mol. The smallest absolute Gasteiger partial charge is 0.243 e. The molecule has 164 valence electrons. The van der Waals surface area contributed by atoms with Crippen molar-refractivity contribution >= 4 is 26.5 Å². The molecule has 0 atom stereocenters. The highest BCUT2D eigenvalue weighted by Crippen LogP contribution is 2.34. The van der Waals surface area contributed by atoms with Gasteiger partial charge in [-0.25, -0.2) is 13.4 Å². The van der Waals surface area contributed by atoms with Crippen molar-refractivity contribution in [2.24, 2.45) is 0 Å². The normalized spacial score (nSPS) is 15.3. The second kappa shape index (κ2) is 8.61. The van der Waals surface area contributed by atoms with Gasteiger partial charge in [0.1, 0.15) is 5.75 Å². The first-order chi connectivity index (χ1) is 14.8. The SMILES string of the molecule is COc1ccccc1-c1csc(N2CCN(S(=O)(=O)c3c(C)cc(C)cc3C)CC2)n1. The number of ether oxygens (including phenoxy) is 1. The molecule has 0 N–H and O–H groups in total.